The van der Waals surface area contributed by atoms with Gasteiger partial charge in [-0.2, -0.15) is 26.3 Å². The summed E-state index contributed by atoms with van der Waals surface area (Å²) in [7, 11) is 0. The largest absolute Gasteiger partial charge is 0.416 e. The van der Waals surface area contributed by atoms with Crippen LogP contribution in [0, 0.1) is 18.3 Å². The van der Waals surface area contributed by atoms with Crippen molar-refractivity contribution in [1.29, 1.82) is 0 Å². The van der Waals surface area contributed by atoms with Crippen LogP contribution in [0.2, 0.25) is 0 Å². The number of alkyl halides is 6. The zero-order chi connectivity index (χ0) is 22.8. The van der Waals surface area contributed by atoms with Gasteiger partial charge in [-0.05, 0) is 42.7 Å². The maximum Gasteiger partial charge on any atom is 0.416 e. The van der Waals surface area contributed by atoms with Gasteiger partial charge in [0.2, 0.25) is 0 Å². The molecule has 0 spiro atoms. The van der Waals surface area contributed by atoms with Gasteiger partial charge in [0.1, 0.15) is 0 Å². The predicted molar refractivity (Wildman–Crippen MR) is 102 cm³/mol. The van der Waals surface area contributed by atoms with Crippen molar-refractivity contribution in [3.8, 4) is 12.3 Å². The van der Waals surface area contributed by atoms with Crippen LogP contribution in [-0.4, -0.2) is 12.9 Å². The molecule has 4 atom stereocenters. The quantitative estimate of drug-likeness (QED) is 0.393. The zero-order valence-corrected chi connectivity index (χ0v) is 16.5. The molecule has 8 heteroatoms. The van der Waals surface area contributed by atoms with E-state index in [-0.39, 0.29) is 24.2 Å². The molecule has 1 aliphatic rings. The van der Waals surface area contributed by atoms with Gasteiger partial charge < -0.3 is 9.47 Å². The summed E-state index contributed by atoms with van der Waals surface area (Å²) in [6.45, 7) is 1.66. The van der Waals surface area contributed by atoms with Gasteiger partial charge in [-0.3, -0.25) is 0 Å². The average molecular weight is 442 g/mol. The number of benzene rings is 2. The molecule has 1 aliphatic heterocycles. The van der Waals surface area contributed by atoms with Crippen LogP contribution >= 0.6 is 0 Å². The van der Waals surface area contributed by atoms with E-state index in [1.54, 1.807) is 12.1 Å². The molecular weight excluding hydrogens is 422 g/mol. The molecule has 2 aromatic rings. The Morgan fingerprint density at radius 1 is 1.00 bits per heavy atom. The van der Waals surface area contributed by atoms with E-state index >= 15 is 0 Å². The van der Waals surface area contributed by atoms with Gasteiger partial charge in [-0.15, -0.1) is 12.3 Å². The first-order valence-corrected chi connectivity index (χ1v) is 9.58. The normalized spacial score (nSPS) is 23.2. The Bertz CT molecular complexity index is 898. The van der Waals surface area contributed by atoms with Crippen LogP contribution in [0.3, 0.4) is 0 Å². The van der Waals surface area contributed by atoms with E-state index in [9.17, 15) is 26.3 Å². The Morgan fingerprint density at radius 2 is 1.58 bits per heavy atom. The van der Waals surface area contributed by atoms with Gasteiger partial charge in [0, 0.05) is 11.8 Å². The summed E-state index contributed by atoms with van der Waals surface area (Å²) in [5, 5.41) is 0. The van der Waals surface area contributed by atoms with Crippen LogP contribution in [0.15, 0.2) is 48.5 Å². The Labute approximate surface area is 176 Å². The molecule has 31 heavy (non-hydrogen) atoms. The summed E-state index contributed by atoms with van der Waals surface area (Å²) in [6.07, 6.45) is -5.66. The van der Waals surface area contributed by atoms with Crippen molar-refractivity contribution in [2.45, 2.75) is 44.0 Å². The summed E-state index contributed by atoms with van der Waals surface area (Å²) in [5.41, 5.74) is -2.21. The topological polar surface area (TPSA) is 18.5 Å². The third-order valence-corrected chi connectivity index (χ3v) is 5.25. The van der Waals surface area contributed by atoms with E-state index in [4.69, 9.17) is 15.9 Å². The summed E-state index contributed by atoms with van der Waals surface area (Å²) in [5.74, 6) is 2.04. The Kier molecular flexibility index (Phi) is 6.68. The molecule has 166 valence electrons. The molecule has 1 fully saturated rings. The maximum atomic E-state index is 13.2. The summed E-state index contributed by atoms with van der Waals surface area (Å²) >= 11 is 0. The first-order valence-electron chi connectivity index (χ1n) is 9.58. The molecule has 1 saturated heterocycles. The minimum Gasteiger partial charge on any atom is -0.352 e. The number of ether oxygens (including phenoxy) is 2. The lowest BCUT2D eigenvalue weighted by molar-refractivity contribution is -0.204. The highest BCUT2D eigenvalue weighted by molar-refractivity contribution is 5.35. The Balaban J connectivity index is 1.94. The van der Waals surface area contributed by atoms with Crippen LogP contribution in [-0.2, 0) is 21.8 Å². The smallest absolute Gasteiger partial charge is 0.352 e. The molecule has 0 saturated carbocycles. The zero-order valence-electron chi connectivity index (χ0n) is 16.5. The van der Waals surface area contributed by atoms with Crippen LogP contribution in [0.4, 0.5) is 26.3 Å². The number of hydrogen-bond acceptors (Lipinski definition) is 2. The van der Waals surface area contributed by atoms with E-state index in [0.29, 0.717) is 18.6 Å². The van der Waals surface area contributed by atoms with Gasteiger partial charge in [-0.25, -0.2) is 0 Å². The van der Waals surface area contributed by atoms with Crippen LogP contribution < -0.4 is 0 Å². The van der Waals surface area contributed by atoms with E-state index in [1.807, 2.05) is 18.2 Å². The number of rotatable bonds is 4. The van der Waals surface area contributed by atoms with E-state index in [1.165, 1.54) is 6.92 Å². The fourth-order valence-corrected chi connectivity index (χ4v) is 3.65. The fraction of sp³-hybridized carbons (Fsp3) is 0.391. The van der Waals surface area contributed by atoms with Crippen molar-refractivity contribution in [3.05, 3.63) is 70.8 Å². The number of hydrogen-bond donors (Lipinski definition) is 0. The van der Waals surface area contributed by atoms with Crippen molar-refractivity contribution >= 4 is 0 Å². The average Bonchev–Trinajstić information content (AvgIpc) is 2.72. The maximum absolute atomic E-state index is 13.2. The molecular formula is C23H20F6O2. The van der Waals surface area contributed by atoms with Gasteiger partial charge in [0.25, 0.3) is 0 Å². The second kappa shape index (κ2) is 8.93. The van der Waals surface area contributed by atoms with E-state index in [0.717, 1.165) is 5.56 Å². The predicted octanol–water partition coefficient (Wildman–Crippen LogP) is 6.58. The molecule has 0 aliphatic carbocycles. The standard InChI is InChI=1S/C23H20F6O2/c1-3-15-9-10-30-21(20(15)16-7-5-4-6-8-16)31-14(2)17-11-18(22(24,25)26)13-19(12-17)23(27,28)29/h1,4-8,11-15,20-21H,9-10H2,2H3/t14?,15-,20-,21?/m1/s1. The number of terminal acetylenes is 1. The van der Waals surface area contributed by atoms with E-state index in [2.05, 4.69) is 5.92 Å². The highest BCUT2D eigenvalue weighted by Gasteiger charge is 2.39. The van der Waals surface area contributed by atoms with Crippen LogP contribution in [0.1, 0.15) is 47.6 Å². The monoisotopic (exact) mass is 442 g/mol. The third-order valence-electron chi connectivity index (χ3n) is 5.25. The van der Waals surface area contributed by atoms with Gasteiger partial charge in [-0.1, -0.05) is 30.3 Å². The molecule has 1 heterocycles. The van der Waals surface area contributed by atoms with Gasteiger partial charge in [0.15, 0.2) is 6.29 Å². The Hall–Kier alpha value is -2.50. The second-order valence-corrected chi connectivity index (χ2v) is 7.36. The molecule has 0 amide bonds. The Morgan fingerprint density at radius 3 is 2.10 bits per heavy atom. The number of halogens is 6. The highest BCUT2D eigenvalue weighted by Crippen LogP contribution is 2.41. The van der Waals surface area contributed by atoms with Crippen LogP contribution in [0.25, 0.3) is 0 Å². The third kappa shape index (κ3) is 5.41. The lowest BCUT2D eigenvalue weighted by atomic mass is 9.82. The van der Waals surface area contributed by atoms with Crippen molar-refractivity contribution in [1.82, 2.24) is 0 Å². The van der Waals surface area contributed by atoms with Crippen molar-refractivity contribution in [2.24, 2.45) is 5.92 Å². The molecule has 0 radical (unpaired) electrons. The first kappa shape index (κ1) is 23.2. The van der Waals surface area contributed by atoms with Crippen molar-refractivity contribution in [3.63, 3.8) is 0 Å². The molecule has 0 aromatic heterocycles. The lowest BCUT2D eigenvalue weighted by Crippen LogP contribution is -2.36. The van der Waals surface area contributed by atoms with Crippen molar-refractivity contribution < 1.29 is 35.8 Å². The fourth-order valence-electron chi connectivity index (χ4n) is 3.65. The molecule has 2 unspecified atom stereocenters. The molecule has 2 aromatic carbocycles. The molecule has 0 N–H and O–H groups in total. The molecule has 3 rings (SSSR count). The second-order valence-electron chi connectivity index (χ2n) is 7.36. The molecule has 0 bridgehead atoms. The van der Waals surface area contributed by atoms with Gasteiger partial charge >= 0.3 is 12.4 Å². The van der Waals surface area contributed by atoms with E-state index < -0.39 is 41.8 Å². The summed E-state index contributed by atoms with van der Waals surface area (Å²) in [4.78, 5) is 0. The van der Waals surface area contributed by atoms with Crippen molar-refractivity contribution in [2.75, 3.05) is 6.61 Å². The minimum absolute atomic E-state index is 0.0917. The first-order chi connectivity index (χ1) is 14.5. The summed E-state index contributed by atoms with van der Waals surface area (Å²) < 4.78 is 90.7. The summed E-state index contributed by atoms with van der Waals surface area (Å²) in [6, 6.07) is 10.5. The molecule has 2 nitrogen and oxygen atoms in total. The lowest BCUT2D eigenvalue weighted by Gasteiger charge is -2.37. The minimum atomic E-state index is -4.93. The van der Waals surface area contributed by atoms with Gasteiger partial charge in [0.05, 0.1) is 23.8 Å². The highest BCUT2D eigenvalue weighted by atomic mass is 19.4. The SMILES string of the molecule is C#C[C@@H]1CCOC(OC(C)c2cc(C(F)(F)F)cc(C(F)(F)F)c2)[C@H]1c1ccccc1. The van der Waals surface area contributed by atoms with Crippen LogP contribution in [0.5, 0.6) is 0 Å².